The molecule has 0 aliphatic heterocycles. The Bertz CT molecular complexity index is 1530. The van der Waals surface area contributed by atoms with Gasteiger partial charge in [0, 0.05) is 41.9 Å². The molecule has 3 aromatic carbocycles. The molecule has 0 radical (unpaired) electrons. The average molecular weight is 542 g/mol. The van der Waals surface area contributed by atoms with Gasteiger partial charge in [0.05, 0.1) is 17.2 Å². The second-order valence-electron chi connectivity index (χ2n) is 10.1. The Morgan fingerprint density at radius 2 is 1.59 bits per heavy atom. The minimum atomic E-state index is -0.124. The maximum absolute atomic E-state index is 13.6. The Labute approximate surface area is 240 Å². The fraction of sp³-hybridized carbons (Fsp3) is 0.212. The van der Waals surface area contributed by atoms with Crippen LogP contribution in [0.2, 0.25) is 0 Å². The van der Waals surface area contributed by atoms with Crippen LogP contribution < -0.4 is 20.9 Å². The number of hydrogen-bond donors (Lipinski definition) is 3. The number of carbonyl (C=O) groups excluding carboxylic acids is 1. The van der Waals surface area contributed by atoms with Gasteiger partial charge < -0.3 is 16.0 Å². The molecule has 8 heteroatoms. The molecule has 0 spiro atoms. The highest BCUT2D eigenvalue weighted by molar-refractivity contribution is 5.93. The van der Waals surface area contributed by atoms with E-state index >= 15 is 0 Å². The number of rotatable bonds is 8. The summed E-state index contributed by atoms with van der Waals surface area (Å²) < 4.78 is 0. The van der Waals surface area contributed by atoms with Crippen LogP contribution >= 0.6 is 0 Å². The van der Waals surface area contributed by atoms with Crippen molar-refractivity contribution in [3.8, 4) is 12.1 Å². The molecule has 8 nitrogen and oxygen atoms in total. The summed E-state index contributed by atoms with van der Waals surface area (Å²) in [5.41, 5.74) is 4.70. The predicted molar refractivity (Wildman–Crippen MR) is 161 cm³/mol. The van der Waals surface area contributed by atoms with Crippen molar-refractivity contribution in [3.05, 3.63) is 114 Å². The van der Waals surface area contributed by atoms with Gasteiger partial charge in [-0.05, 0) is 85.8 Å². The number of nitriles is 2. The number of carbonyl (C=O) groups is 1. The zero-order chi connectivity index (χ0) is 28.4. The van der Waals surface area contributed by atoms with Gasteiger partial charge in [-0.2, -0.15) is 10.5 Å². The molecule has 1 aliphatic rings. The van der Waals surface area contributed by atoms with E-state index in [1.165, 1.54) is 0 Å². The van der Waals surface area contributed by atoms with E-state index in [4.69, 9.17) is 5.26 Å². The van der Waals surface area contributed by atoms with E-state index in [2.05, 4.69) is 33.1 Å². The Hall–Kier alpha value is -5.34. The zero-order valence-corrected chi connectivity index (χ0v) is 22.6. The molecule has 1 saturated carbocycles. The third kappa shape index (κ3) is 7.20. The smallest absolute Gasteiger partial charge is 0.322 e. The second-order valence-corrected chi connectivity index (χ2v) is 10.1. The summed E-state index contributed by atoms with van der Waals surface area (Å²) in [5.74, 6) is 0.758. The highest BCUT2D eigenvalue weighted by Gasteiger charge is 2.30. The molecule has 3 N–H and O–H groups in total. The molecule has 1 aromatic heterocycles. The molecular weight excluding hydrogens is 510 g/mol. The van der Waals surface area contributed by atoms with Crippen LogP contribution in [-0.2, 0) is 6.54 Å². The fourth-order valence-electron chi connectivity index (χ4n) is 5.12. The van der Waals surface area contributed by atoms with Gasteiger partial charge in [-0.25, -0.2) is 9.78 Å². The molecule has 1 aliphatic carbocycles. The molecule has 41 heavy (non-hydrogen) atoms. The molecule has 0 saturated heterocycles. The minimum Gasteiger partial charge on any atom is -0.367 e. The Morgan fingerprint density at radius 1 is 0.829 bits per heavy atom. The topological polar surface area (TPSA) is 117 Å². The summed E-state index contributed by atoms with van der Waals surface area (Å²) in [6.45, 7) is 0.451. The van der Waals surface area contributed by atoms with Crippen LogP contribution in [0, 0.1) is 22.7 Å². The highest BCUT2D eigenvalue weighted by Crippen LogP contribution is 2.30. The second kappa shape index (κ2) is 13.1. The van der Waals surface area contributed by atoms with E-state index in [-0.39, 0.29) is 18.1 Å². The van der Waals surface area contributed by atoms with Crippen molar-refractivity contribution in [2.75, 3.05) is 15.5 Å². The molecule has 204 valence electrons. The van der Waals surface area contributed by atoms with Crippen LogP contribution in [0.25, 0.3) is 0 Å². The number of hydrogen-bond acceptors (Lipinski definition) is 6. The number of anilines is 4. The largest absolute Gasteiger partial charge is 0.367 e. The van der Waals surface area contributed by atoms with E-state index in [0.29, 0.717) is 17.7 Å². The van der Waals surface area contributed by atoms with Gasteiger partial charge in [0.25, 0.3) is 0 Å². The van der Waals surface area contributed by atoms with Gasteiger partial charge in [0.15, 0.2) is 0 Å². The van der Waals surface area contributed by atoms with Crippen molar-refractivity contribution < 1.29 is 4.79 Å². The van der Waals surface area contributed by atoms with Crippen LogP contribution in [-0.4, -0.2) is 23.1 Å². The lowest BCUT2D eigenvalue weighted by atomic mass is 9.90. The van der Waals surface area contributed by atoms with Gasteiger partial charge in [-0.1, -0.05) is 36.4 Å². The van der Waals surface area contributed by atoms with Crippen LogP contribution in [0.5, 0.6) is 0 Å². The van der Waals surface area contributed by atoms with Crippen LogP contribution in [0.15, 0.2) is 97.2 Å². The van der Waals surface area contributed by atoms with E-state index in [1.807, 2.05) is 77.7 Å². The van der Waals surface area contributed by atoms with E-state index in [9.17, 15) is 10.1 Å². The third-order valence-corrected chi connectivity index (χ3v) is 7.24. The minimum absolute atomic E-state index is 0.0452. The Morgan fingerprint density at radius 3 is 2.27 bits per heavy atom. The Kier molecular flexibility index (Phi) is 8.73. The first-order valence-corrected chi connectivity index (χ1v) is 13.7. The molecule has 1 fully saturated rings. The molecule has 1 heterocycles. The predicted octanol–water partition coefficient (Wildman–Crippen LogP) is 6.71. The normalized spacial score (nSPS) is 16.0. The summed E-state index contributed by atoms with van der Waals surface area (Å²) >= 11 is 0. The van der Waals surface area contributed by atoms with Gasteiger partial charge in [0.2, 0.25) is 0 Å². The summed E-state index contributed by atoms with van der Waals surface area (Å²) in [5, 5.41) is 28.1. The number of nitrogens with one attached hydrogen (secondary N) is 3. The summed E-state index contributed by atoms with van der Waals surface area (Å²) in [6, 6.07) is 33.1. The van der Waals surface area contributed by atoms with Crippen molar-refractivity contribution >= 4 is 28.9 Å². The lowest BCUT2D eigenvalue weighted by Gasteiger charge is -2.37. The number of aromatic nitrogens is 1. The first kappa shape index (κ1) is 27.2. The van der Waals surface area contributed by atoms with Crippen molar-refractivity contribution in [1.29, 1.82) is 10.5 Å². The third-order valence-electron chi connectivity index (χ3n) is 7.24. The standard InChI is InChI=1S/C33H31N7O/c34-20-25-7-4-8-29(19-25)38-27-10-14-30(15-11-27)40(33(41)37-22-24-5-2-1-3-6-24)31-16-12-28(13-17-31)39-32-18-9-26(21-35)23-36-32/h1-11,14-15,18-19,23,28,31,38H,12-13,16-17,22H2,(H,36,39)(H,37,41)/t28-,31-. The van der Waals surface area contributed by atoms with Crippen molar-refractivity contribution in [3.63, 3.8) is 0 Å². The van der Waals surface area contributed by atoms with Crippen LogP contribution in [0.3, 0.4) is 0 Å². The number of benzene rings is 3. The van der Waals surface area contributed by atoms with Crippen molar-refractivity contribution in [2.24, 2.45) is 0 Å². The molecule has 4 aromatic rings. The zero-order valence-electron chi connectivity index (χ0n) is 22.6. The molecule has 0 bridgehead atoms. The monoisotopic (exact) mass is 541 g/mol. The van der Waals surface area contributed by atoms with E-state index < -0.39 is 0 Å². The number of amides is 2. The van der Waals surface area contributed by atoms with E-state index in [1.54, 1.807) is 24.4 Å². The van der Waals surface area contributed by atoms with Crippen molar-refractivity contribution in [1.82, 2.24) is 10.3 Å². The molecule has 0 atom stereocenters. The molecular formula is C33H31N7O. The first-order valence-electron chi connectivity index (χ1n) is 13.7. The van der Waals surface area contributed by atoms with Gasteiger partial charge in [-0.15, -0.1) is 0 Å². The highest BCUT2D eigenvalue weighted by atomic mass is 16.2. The van der Waals surface area contributed by atoms with Crippen LogP contribution in [0.4, 0.5) is 27.7 Å². The SMILES string of the molecule is N#Cc1ccc(N[C@H]2CC[C@H](N(C(=O)NCc3ccccc3)c3ccc(Nc4cccc(C#N)c4)cc3)CC2)nc1. The number of pyridine rings is 1. The lowest BCUT2D eigenvalue weighted by Crippen LogP contribution is -2.48. The average Bonchev–Trinajstić information content (AvgIpc) is 3.03. The van der Waals surface area contributed by atoms with Gasteiger partial charge >= 0.3 is 6.03 Å². The maximum atomic E-state index is 13.6. The van der Waals surface area contributed by atoms with Gasteiger partial charge in [-0.3, -0.25) is 4.90 Å². The quantitative estimate of drug-likeness (QED) is 0.228. The maximum Gasteiger partial charge on any atom is 0.322 e. The van der Waals surface area contributed by atoms with Crippen LogP contribution in [0.1, 0.15) is 42.4 Å². The molecule has 2 amide bonds. The number of nitrogens with zero attached hydrogens (tertiary/aromatic N) is 4. The lowest BCUT2D eigenvalue weighted by molar-refractivity contribution is 0.240. The first-order chi connectivity index (χ1) is 20.1. The summed E-state index contributed by atoms with van der Waals surface area (Å²) in [7, 11) is 0. The van der Waals surface area contributed by atoms with Crippen molar-refractivity contribution in [2.45, 2.75) is 44.3 Å². The van der Waals surface area contributed by atoms with Gasteiger partial charge in [0.1, 0.15) is 11.9 Å². The molecule has 0 unspecified atom stereocenters. The fourth-order valence-corrected chi connectivity index (χ4v) is 5.12. The van der Waals surface area contributed by atoms with E-state index in [0.717, 1.165) is 54.1 Å². The molecule has 5 rings (SSSR count). The summed E-state index contributed by atoms with van der Waals surface area (Å²) in [6.07, 6.45) is 5.04. The summed E-state index contributed by atoms with van der Waals surface area (Å²) in [4.78, 5) is 19.8. The Balaban J connectivity index is 1.28. The number of urea groups is 1.